The first-order valence-corrected chi connectivity index (χ1v) is 11.5. The Morgan fingerprint density at radius 2 is 2.03 bits per heavy atom. The molecule has 0 fully saturated rings. The van der Waals surface area contributed by atoms with Crippen LogP contribution in [0, 0.1) is 13.8 Å². The van der Waals surface area contributed by atoms with Crippen LogP contribution in [0.3, 0.4) is 0 Å². The van der Waals surface area contributed by atoms with E-state index in [9.17, 15) is 9.59 Å². The van der Waals surface area contributed by atoms with Gasteiger partial charge in [-0.05, 0) is 37.6 Å². The van der Waals surface area contributed by atoms with Crippen LogP contribution in [-0.4, -0.2) is 51.8 Å². The highest BCUT2D eigenvalue weighted by atomic mass is 35.5. The van der Waals surface area contributed by atoms with Gasteiger partial charge in [-0.1, -0.05) is 11.8 Å². The number of hydrogen-bond donors (Lipinski definition) is 1. The third-order valence-electron chi connectivity index (χ3n) is 5.44. The Labute approximate surface area is 200 Å². The number of aryl methyl sites for hydroxylation is 1. The zero-order valence-corrected chi connectivity index (χ0v) is 20.2. The van der Waals surface area contributed by atoms with Crippen molar-refractivity contribution < 1.29 is 19.1 Å². The topological polar surface area (TPSA) is 94.8 Å². The van der Waals surface area contributed by atoms with Gasteiger partial charge in [0.25, 0.3) is 11.7 Å². The number of aromatic nitrogens is 2. The lowest BCUT2D eigenvalue weighted by molar-refractivity contribution is -0.112. The minimum atomic E-state index is -0.752. The molecule has 1 aliphatic rings. The van der Waals surface area contributed by atoms with E-state index in [0.29, 0.717) is 47.1 Å². The SMILES string of the molecule is COc1cc(NC(=O)C(=O)c2c(C)n(CC3=NCC(Cl)S3)c3cc(C)c(OC)cc23)ccn1. The van der Waals surface area contributed by atoms with Gasteiger partial charge in [0, 0.05) is 34.5 Å². The molecule has 3 aromatic rings. The summed E-state index contributed by atoms with van der Waals surface area (Å²) in [5.74, 6) is -0.422. The molecule has 0 bridgehead atoms. The lowest BCUT2D eigenvalue weighted by Gasteiger charge is -2.10. The fourth-order valence-corrected chi connectivity index (χ4v) is 5.01. The molecule has 1 amide bonds. The summed E-state index contributed by atoms with van der Waals surface area (Å²) in [7, 11) is 3.06. The van der Waals surface area contributed by atoms with Crippen molar-refractivity contribution in [3.63, 3.8) is 0 Å². The standard InChI is InChI=1S/C23H23ClN4O4S/c1-12-7-16-15(9-17(12)31-3)21(13(2)28(16)11-20-26-10-18(24)33-20)22(29)23(30)27-14-5-6-25-19(8-14)32-4/h5-9,18H,10-11H2,1-4H3,(H,25,27,30). The number of hydrogen-bond acceptors (Lipinski definition) is 7. The van der Waals surface area contributed by atoms with E-state index in [1.807, 2.05) is 24.5 Å². The number of Topliss-reactive ketones (excluding diaryl/α,β-unsaturated/α-hetero) is 1. The van der Waals surface area contributed by atoms with Gasteiger partial charge in [0.2, 0.25) is 5.88 Å². The number of anilines is 1. The maximum absolute atomic E-state index is 13.4. The second-order valence-corrected chi connectivity index (χ2v) is 9.58. The molecule has 172 valence electrons. The van der Waals surface area contributed by atoms with Gasteiger partial charge in [-0.15, -0.1) is 11.6 Å². The molecule has 1 N–H and O–H groups in total. The second kappa shape index (κ2) is 9.44. The van der Waals surface area contributed by atoms with E-state index in [1.54, 1.807) is 25.3 Å². The highest BCUT2D eigenvalue weighted by molar-refractivity contribution is 8.15. The lowest BCUT2D eigenvalue weighted by Crippen LogP contribution is -2.23. The lowest BCUT2D eigenvalue weighted by atomic mass is 10.0. The average molecular weight is 487 g/mol. The Kier molecular flexibility index (Phi) is 6.62. The Morgan fingerprint density at radius 3 is 2.70 bits per heavy atom. The van der Waals surface area contributed by atoms with E-state index >= 15 is 0 Å². The number of fused-ring (bicyclic) bond motifs is 1. The van der Waals surface area contributed by atoms with Crippen LogP contribution < -0.4 is 14.8 Å². The summed E-state index contributed by atoms with van der Waals surface area (Å²) in [6, 6.07) is 6.90. The summed E-state index contributed by atoms with van der Waals surface area (Å²) >= 11 is 7.70. The molecule has 0 spiro atoms. The first-order chi connectivity index (χ1) is 15.8. The number of rotatable bonds is 7. The molecule has 0 aliphatic carbocycles. The molecule has 1 aromatic carbocycles. The molecule has 2 aromatic heterocycles. The van der Waals surface area contributed by atoms with Gasteiger partial charge in [-0.25, -0.2) is 4.98 Å². The minimum absolute atomic E-state index is 0.0896. The largest absolute Gasteiger partial charge is 0.496 e. The van der Waals surface area contributed by atoms with Crippen molar-refractivity contribution in [2.24, 2.45) is 4.99 Å². The van der Waals surface area contributed by atoms with Crippen molar-refractivity contribution in [2.45, 2.75) is 25.1 Å². The Balaban J connectivity index is 1.75. The monoisotopic (exact) mass is 486 g/mol. The number of pyridine rings is 1. The summed E-state index contributed by atoms with van der Waals surface area (Å²) in [5, 5.41) is 4.17. The number of benzene rings is 1. The fraction of sp³-hybridized carbons (Fsp3) is 0.304. The Hall–Kier alpha value is -3.04. The summed E-state index contributed by atoms with van der Waals surface area (Å²) in [4.78, 5) is 34.8. The van der Waals surface area contributed by atoms with E-state index in [2.05, 4.69) is 15.3 Å². The van der Waals surface area contributed by atoms with E-state index in [1.165, 1.54) is 25.1 Å². The van der Waals surface area contributed by atoms with Crippen molar-refractivity contribution in [3.05, 3.63) is 47.3 Å². The van der Waals surface area contributed by atoms with Gasteiger partial charge in [0.05, 0.1) is 37.9 Å². The van der Waals surface area contributed by atoms with Crippen LogP contribution in [0.2, 0.25) is 0 Å². The molecule has 0 saturated heterocycles. The van der Waals surface area contributed by atoms with Crippen LogP contribution in [0.5, 0.6) is 11.6 Å². The first kappa shape index (κ1) is 23.1. The van der Waals surface area contributed by atoms with Crippen LogP contribution in [0.15, 0.2) is 35.5 Å². The number of nitrogens with zero attached hydrogens (tertiary/aromatic N) is 3. The van der Waals surface area contributed by atoms with Crippen LogP contribution in [0.4, 0.5) is 5.69 Å². The zero-order chi connectivity index (χ0) is 23.7. The number of alkyl halides is 1. The Bertz CT molecular complexity index is 1290. The number of aliphatic imine (C=N–C) groups is 1. The van der Waals surface area contributed by atoms with Crippen molar-refractivity contribution in [1.82, 2.24) is 9.55 Å². The number of carbonyl (C=O) groups is 2. The molecule has 1 atom stereocenters. The molecule has 8 nitrogen and oxygen atoms in total. The number of ether oxygens (including phenoxy) is 2. The maximum atomic E-state index is 13.4. The molecule has 4 rings (SSSR count). The average Bonchev–Trinajstić information content (AvgIpc) is 3.33. The van der Waals surface area contributed by atoms with Gasteiger partial charge >= 0.3 is 0 Å². The van der Waals surface area contributed by atoms with Crippen LogP contribution in [0.1, 0.15) is 21.6 Å². The Morgan fingerprint density at radius 1 is 1.24 bits per heavy atom. The number of ketones is 1. The van der Waals surface area contributed by atoms with Crippen LogP contribution in [0.25, 0.3) is 10.9 Å². The number of thioether (sulfide) groups is 1. The van der Waals surface area contributed by atoms with E-state index < -0.39 is 11.7 Å². The summed E-state index contributed by atoms with van der Waals surface area (Å²) in [6.07, 6.45) is 1.49. The van der Waals surface area contributed by atoms with E-state index in [-0.39, 0.29) is 4.71 Å². The molecule has 0 saturated carbocycles. The fourth-order valence-electron chi connectivity index (χ4n) is 3.84. The number of methoxy groups -OCH3 is 2. The number of carbonyl (C=O) groups excluding carboxylic acids is 2. The molecular weight excluding hydrogens is 464 g/mol. The van der Waals surface area contributed by atoms with Crippen molar-refractivity contribution in [3.8, 4) is 11.6 Å². The quantitative estimate of drug-likeness (QED) is 0.305. The van der Waals surface area contributed by atoms with Crippen LogP contribution in [-0.2, 0) is 11.3 Å². The minimum Gasteiger partial charge on any atom is -0.496 e. The molecule has 10 heteroatoms. The third-order valence-corrected chi connectivity index (χ3v) is 6.78. The molecule has 33 heavy (non-hydrogen) atoms. The van der Waals surface area contributed by atoms with Gasteiger partial charge < -0.3 is 19.4 Å². The van der Waals surface area contributed by atoms with Crippen LogP contribution >= 0.6 is 23.4 Å². The van der Waals surface area contributed by atoms with E-state index in [0.717, 1.165) is 16.1 Å². The molecule has 1 unspecified atom stereocenters. The molecule has 1 aliphatic heterocycles. The van der Waals surface area contributed by atoms with Gasteiger partial charge in [0.1, 0.15) is 10.5 Å². The van der Waals surface area contributed by atoms with Gasteiger partial charge in [-0.3, -0.25) is 14.6 Å². The maximum Gasteiger partial charge on any atom is 0.296 e. The van der Waals surface area contributed by atoms with Crippen molar-refractivity contribution in [1.29, 1.82) is 0 Å². The predicted octanol–water partition coefficient (Wildman–Crippen LogP) is 4.20. The summed E-state index contributed by atoms with van der Waals surface area (Å²) < 4.78 is 12.5. The normalized spacial score (nSPS) is 15.4. The highest BCUT2D eigenvalue weighted by Gasteiger charge is 2.28. The van der Waals surface area contributed by atoms with Gasteiger partial charge in [-0.2, -0.15) is 0 Å². The number of amides is 1. The van der Waals surface area contributed by atoms with Crippen molar-refractivity contribution in [2.75, 3.05) is 26.1 Å². The summed E-state index contributed by atoms with van der Waals surface area (Å²) in [5.41, 5.74) is 3.17. The smallest absolute Gasteiger partial charge is 0.296 e. The number of nitrogens with one attached hydrogen (secondary N) is 1. The van der Waals surface area contributed by atoms with Crippen molar-refractivity contribution >= 4 is 56.7 Å². The third kappa shape index (κ3) is 4.56. The molecular formula is C23H23ClN4O4S. The van der Waals surface area contributed by atoms with E-state index in [4.69, 9.17) is 21.1 Å². The number of halogens is 1. The van der Waals surface area contributed by atoms with Gasteiger partial charge in [0.15, 0.2) is 0 Å². The zero-order valence-electron chi connectivity index (χ0n) is 18.6. The predicted molar refractivity (Wildman–Crippen MR) is 131 cm³/mol. The summed E-state index contributed by atoms with van der Waals surface area (Å²) in [6.45, 7) is 4.79. The molecule has 0 radical (unpaired) electrons. The molecule has 3 heterocycles. The first-order valence-electron chi connectivity index (χ1n) is 10.2. The highest BCUT2D eigenvalue weighted by Crippen LogP contribution is 2.34. The second-order valence-electron chi connectivity index (χ2n) is 7.52.